The van der Waals surface area contributed by atoms with E-state index in [0.717, 1.165) is 25.8 Å². The standard InChI is InChI=1S/C15H25NO/c1-3-5-11-15(4-2,13-17)16-12-14-9-7-6-8-10-14/h6-10,16-17H,3-5,11-13H2,1-2H3. The molecule has 1 unspecified atom stereocenters. The van der Waals surface area contributed by atoms with E-state index in [9.17, 15) is 5.11 Å². The number of unbranched alkanes of at least 4 members (excludes halogenated alkanes) is 1. The highest BCUT2D eigenvalue weighted by atomic mass is 16.3. The van der Waals surface area contributed by atoms with Crippen molar-refractivity contribution in [3.05, 3.63) is 35.9 Å². The summed E-state index contributed by atoms with van der Waals surface area (Å²) in [6, 6.07) is 10.4. The van der Waals surface area contributed by atoms with Gasteiger partial charge in [0.1, 0.15) is 0 Å². The Morgan fingerprint density at radius 3 is 2.41 bits per heavy atom. The molecule has 2 heteroatoms. The topological polar surface area (TPSA) is 32.3 Å². The summed E-state index contributed by atoms with van der Waals surface area (Å²) < 4.78 is 0. The molecule has 1 aromatic rings. The largest absolute Gasteiger partial charge is 0.394 e. The van der Waals surface area contributed by atoms with Gasteiger partial charge in [0, 0.05) is 12.1 Å². The SMILES string of the molecule is CCCCC(CC)(CO)NCc1ccccc1. The molecule has 0 heterocycles. The monoisotopic (exact) mass is 235 g/mol. The second kappa shape index (κ2) is 7.46. The third kappa shape index (κ3) is 4.49. The smallest absolute Gasteiger partial charge is 0.0613 e. The van der Waals surface area contributed by atoms with Crippen molar-refractivity contribution in [3.63, 3.8) is 0 Å². The fourth-order valence-electron chi connectivity index (χ4n) is 2.04. The van der Waals surface area contributed by atoms with Gasteiger partial charge >= 0.3 is 0 Å². The van der Waals surface area contributed by atoms with E-state index < -0.39 is 0 Å². The molecule has 17 heavy (non-hydrogen) atoms. The molecule has 0 aliphatic rings. The first-order chi connectivity index (χ1) is 8.26. The van der Waals surface area contributed by atoms with Gasteiger partial charge in [0.15, 0.2) is 0 Å². The summed E-state index contributed by atoms with van der Waals surface area (Å²) in [6.45, 7) is 5.38. The third-order valence-corrected chi connectivity index (χ3v) is 3.50. The van der Waals surface area contributed by atoms with Crippen molar-refractivity contribution < 1.29 is 5.11 Å². The average molecular weight is 235 g/mol. The molecule has 0 saturated heterocycles. The van der Waals surface area contributed by atoms with Crippen LogP contribution in [-0.4, -0.2) is 17.3 Å². The van der Waals surface area contributed by atoms with E-state index >= 15 is 0 Å². The van der Waals surface area contributed by atoms with Crippen molar-refractivity contribution in [2.24, 2.45) is 0 Å². The van der Waals surface area contributed by atoms with Crippen LogP contribution in [0, 0.1) is 0 Å². The van der Waals surface area contributed by atoms with E-state index in [2.05, 4.69) is 43.4 Å². The number of nitrogens with one attached hydrogen (secondary N) is 1. The van der Waals surface area contributed by atoms with E-state index in [1.165, 1.54) is 12.0 Å². The van der Waals surface area contributed by atoms with Crippen LogP contribution in [0.1, 0.15) is 45.1 Å². The molecular formula is C15H25NO. The first-order valence-corrected chi connectivity index (χ1v) is 6.66. The van der Waals surface area contributed by atoms with Crippen LogP contribution in [0.5, 0.6) is 0 Å². The van der Waals surface area contributed by atoms with Crippen LogP contribution < -0.4 is 5.32 Å². The second-order valence-corrected chi connectivity index (χ2v) is 4.73. The molecule has 1 rings (SSSR count). The van der Waals surface area contributed by atoms with E-state index in [0.29, 0.717) is 0 Å². The zero-order valence-corrected chi connectivity index (χ0v) is 11.1. The Kier molecular flexibility index (Phi) is 6.23. The Labute approximate surface area is 105 Å². The van der Waals surface area contributed by atoms with Crippen molar-refractivity contribution in [1.29, 1.82) is 0 Å². The summed E-state index contributed by atoms with van der Waals surface area (Å²) in [5.74, 6) is 0. The van der Waals surface area contributed by atoms with E-state index in [1.807, 2.05) is 6.07 Å². The van der Waals surface area contributed by atoms with Crippen molar-refractivity contribution in [3.8, 4) is 0 Å². The van der Waals surface area contributed by atoms with Crippen LogP contribution in [-0.2, 0) is 6.54 Å². The van der Waals surface area contributed by atoms with Gasteiger partial charge < -0.3 is 10.4 Å². The van der Waals surface area contributed by atoms with Crippen molar-refractivity contribution in [1.82, 2.24) is 5.32 Å². The lowest BCUT2D eigenvalue weighted by molar-refractivity contribution is 0.142. The zero-order chi connectivity index (χ0) is 12.6. The van der Waals surface area contributed by atoms with Crippen LogP contribution in [0.2, 0.25) is 0 Å². The number of aliphatic hydroxyl groups excluding tert-OH is 1. The number of aliphatic hydroxyl groups is 1. The maximum absolute atomic E-state index is 9.62. The lowest BCUT2D eigenvalue weighted by Crippen LogP contribution is -2.47. The molecule has 2 nitrogen and oxygen atoms in total. The predicted molar refractivity (Wildman–Crippen MR) is 72.9 cm³/mol. The molecular weight excluding hydrogens is 210 g/mol. The highest BCUT2D eigenvalue weighted by Crippen LogP contribution is 2.19. The molecule has 0 aromatic heterocycles. The summed E-state index contributed by atoms with van der Waals surface area (Å²) in [4.78, 5) is 0. The fourth-order valence-corrected chi connectivity index (χ4v) is 2.04. The first kappa shape index (κ1) is 14.2. The summed E-state index contributed by atoms with van der Waals surface area (Å²) in [7, 11) is 0. The molecule has 0 saturated carbocycles. The van der Waals surface area contributed by atoms with E-state index in [-0.39, 0.29) is 12.1 Å². The number of hydrogen-bond acceptors (Lipinski definition) is 2. The maximum Gasteiger partial charge on any atom is 0.0613 e. The normalized spacial score (nSPS) is 14.5. The number of benzene rings is 1. The van der Waals surface area contributed by atoms with Crippen LogP contribution in [0.4, 0.5) is 0 Å². The van der Waals surface area contributed by atoms with Crippen molar-refractivity contribution in [2.75, 3.05) is 6.61 Å². The Hall–Kier alpha value is -0.860. The second-order valence-electron chi connectivity index (χ2n) is 4.73. The lowest BCUT2D eigenvalue weighted by atomic mass is 9.90. The van der Waals surface area contributed by atoms with Crippen molar-refractivity contribution in [2.45, 2.75) is 51.6 Å². The van der Waals surface area contributed by atoms with Gasteiger partial charge in [-0.3, -0.25) is 0 Å². The molecule has 1 aromatic carbocycles. The molecule has 0 spiro atoms. The Morgan fingerprint density at radius 2 is 1.88 bits per heavy atom. The number of rotatable bonds is 8. The third-order valence-electron chi connectivity index (χ3n) is 3.50. The van der Waals surface area contributed by atoms with Gasteiger partial charge in [0.2, 0.25) is 0 Å². The Bertz CT molecular complexity index is 293. The van der Waals surface area contributed by atoms with E-state index in [4.69, 9.17) is 0 Å². The van der Waals surface area contributed by atoms with Crippen LogP contribution in [0.3, 0.4) is 0 Å². The Morgan fingerprint density at radius 1 is 1.18 bits per heavy atom. The molecule has 0 bridgehead atoms. The molecule has 1 atom stereocenters. The summed E-state index contributed by atoms with van der Waals surface area (Å²) in [5, 5.41) is 13.2. The molecule has 0 aliphatic heterocycles. The fraction of sp³-hybridized carbons (Fsp3) is 0.600. The summed E-state index contributed by atoms with van der Waals surface area (Å²) in [5.41, 5.74) is 1.17. The van der Waals surface area contributed by atoms with E-state index in [1.54, 1.807) is 0 Å². The van der Waals surface area contributed by atoms with Crippen molar-refractivity contribution >= 4 is 0 Å². The molecule has 96 valence electrons. The molecule has 0 radical (unpaired) electrons. The van der Waals surface area contributed by atoms with Gasteiger partial charge in [0.05, 0.1) is 6.61 Å². The number of hydrogen-bond donors (Lipinski definition) is 2. The average Bonchev–Trinajstić information content (AvgIpc) is 2.41. The summed E-state index contributed by atoms with van der Waals surface area (Å²) >= 11 is 0. The molecule has 0 aliphatic carbocycles. The highest BCUT2D eigenvalue weighted by Gasteiger charge is 2.25. The van der Waals surface area contributed by atoms with Gasteiger partial charge in [-0.15, -0.1) is 0 Å². The first-order valence-electron chi connectivity index (χ1n) is 6.66. The minimum Gasteiger partial charge on any atom is -0.394 e. The van der Waals surface area contributed by atoms with Gasteiger partial charge in [-0.25, -0.2) is 0 Å². The quantitative estimate of drug-likeness (QED) is 0.725. The van der Waals surface area contributed by atoms with Crippen LogP contribution >= 0.6 is 0 Å². The molecule has 2 N–H and O–H groups in total. The highest BCUT2D eigenvalue weighted by molar-refractivity contribution is 5.14. The molecule has 0 amide bonds. The zero-order valence-electron chi connectivity index (χ0n) is 11.1. The van der Waals surface area contributed by atoms with Crippen LogP contribution in [0.15, 0.2) is 30.3 Å². The minimum atomic E-state index is -0.105. The predicted octanol–water partition coefficient (Wildman–Crippen LogP) is 3.11. The van der Waals surface area contributed by atoms with Gasteiger partial charge in [-0.05, 0) is 18.4 Å². The summed E-state index contributed by atoms with van der Waals surface area (Å²) in [6.07, 6.45) is 4.35. The van der Waals surface area contributed by atoms with Gasteiger partial charge in [-0.1, -0.05) is 57.0 Å². The lowest BCUT2D eigenvalue weighted by Gasteiger charge is -2.32. The minimum absolute atomic E-state index is 0.105. The Balaban J connectivity index is 2.54. The van der Waals surface area contributed by atoms with Gasteiger partial charge in [0.25, 0.3) is 0 Å². The maximum atomic E-state index is 9.62. The van der Waals surface area contributed by atoms with Crippen LogP contribution in [0.25, 0.3) is 0 Å². The van der Waals surface area contributed by atoms with Gasteiger partial charge in [-0.2, -0.15) is 0 Å². The molecule has 0 fully saturated rings.